The number of hydrogen-bond acceptors (Lipinski definition) is 6. The second-order valence-electron chi connectivity index (χ2n) is 4.71. The summed E-state index contributed by atoms with van der Waals surface area (Å²) < 4.78 is 13.4. The third kappa shape index (κ3) is 5.13. The van der Waals surface area contributed by atoms with E-state index in [2.05, 4.69) is 15.5 Å². The van der Waals surface area contributed by atoms with Crippen LogP contribution in [-0.4, -0.2) is 39.3 Å². The van der Waals surface area contributed by atoms with Gasteiger partial charge < -0.3 is 10.5 Å². The summed E-state index contributed by atoms with van der Waals surface area (Å²) >= 11 is 0. The van der Waals surface area contributed by atoms with Crippen molar-refractivity contribution in [2.75, 3.05) is 6.54 Å². The number of rotatable bonds is 7. The lowest BCUT2D eigenvalue weighted by atomic mass is 10.1. The Kier molecular flexibility index (Phi) is 6.78. The molecule has 23 heavy (non-hydrogen) atoms. The van der Waals surface area contributed by atoms with E-state index in [0.717, 1.165) is 0 Å². The van der Waals surface area contributed by atoms with Crippen molar-refractivity contribution in [3.05, 3.63) is 51.6 Å². The number of nitrogens with one attached hydrogen (secondary N) is 1. The maximum atomic E-state index is 13.4. The molecule has 0 spiro atoms. The molecule has 0 saturated carbocycles. The maximum absolute atomic E-state index is 13.4. The lowest BCUT2D eigenvalue weighted by Gasteiger charge is -2.09. The van der Waals surface area contributed by atoms with E-state index in [1.165, 1.54) is 31.3 Å². The van der Waals surface area contributed by atoms with Crippen molar-refractivity contribution in [1.82, 2.24) is 10.3 Å². The lowest BCUT2D eigenvalue weighted by Crippen LogP contribution is -2.30. The SMILES string of the molecule is CCC(/C(C)=C/C(CNC(=O)c1cccnc1F)=N\O)[N+](=O)[O-]. The number of carbonyl (C=O) groups is 1. The van der Waals surface area contributed by atoms with Gasteiger partial charge in [-0.2, -0.15) is 4.39 Å². The Morgan fingerprint density at radius 1 is 1.65 bits per heavy atom. The average Bonchev–Trinajstić information content (AvgIpc) is 2.51. The van der Waals surface area contributed by atoms with Crippen LogP contribution in [0.15, 0.2) is 35.1 Å². The number of carbonyl (C=O) groups excluding carboxylic acids is 1. The summed E-state index contributed by atoms with van der Waals surface area (Å²) in [6.45, 7) is 2.98. The molecule has 1 rings (SSSR count). The third-order valence-corrected chi connectivity index (χ3v) is 3.12. The first kappa shape index (κ1) is 18.2. The zero-order valence-corrected chi connectivity index (χ0v) is 12.7. The molecule has 0 fully saturated rings. The van der Waals surface area contributed by atoms with Crippen molar-refractivity contribution in [2.45, 2.75) is 26.3 Å². The first-order valence-electron chi connectivity index (χ1n) is 6.82. The number of aromatic nitrogens is 1. The molecule has 8 nitrogen and oxygen atoms in total. The van der Waals surface area contributed by atoms with Gasteiger partial charge in [-0.25, -0.2) is 4.98 Å². The largest absolute Gasteiger partial charge is 0.411 e. The summed E-state index contributed by atoms with van der Waals surface area (Å²) in [5.41, 5.74) is 0.148. The molecule has 1 heterocycles. The molecule has 1 aromatic heterocycles. The van der Waals surface area contributed by atoms with Crippen molar-refractivity contribution in [2.24, 2.45) is 5.16 Å². The number of hydrogen-bond donors (Lipinski definition) is 2. The molecule has 9 heteroatoms. The van der Waals surface area contributed by atoms with Crippen LogP contribution in [0.5, 0.6) is 0 Å². The monoisotopic (exact) mass is 324 g/mol. The van der Waals surface area contributed by atoms with E-state index in [0.29, 0.717) is 5.57 Å². The van der Waals surface area contributed by atoms with E-state index in [9.17, 15) is 19.3 Å². The molecule has 1 aromatic rings. The second-order valence-corrected chi connectivity index (χ2v) is 4.71. The van der Waals surface area contributed by atoms with Crippen LogP contribution in [-0.2, 0) is 0 Å². The molecule has 0 aromatic carbocycles. The minimum atomic E-state index is -0.918. The van der Waals surface area contributed by atoms with Crippen molar-refractivity contribution in [1.29, 1.82) is 0 Å². The van der Waals surface area contributed by atoms with Crippen LogP contribution in [0.4, 0.5) is 4.39 Å². The number of nitrogens with zero attached hydrogens (tertiary/aromatic N) is 3. The van der Waals surface area contributed by atoms with Gasteiger partial charge in [-0.15, -0.1) is 0 Å². The van der Waals surface area contributed by atoms with Crippen LogP contribution in [0.1, 0.15) is 30.6 Å². The van der Waals surface area contributed by atoms with Crippen LogP contribution >= 0.6 is 0 Å². The second kappa shape index (κ2) is 8.57. The highest BCUT2D eigenvalue weighted by atomic mass is 19.1. The fourth-order valence-electron chi connectivity index (χ4n) is 1.93. The molecule has 0 radical (unpaired) electrons. The van der Waals surface area contributed by atoms with Crippen molar-refractivity contribution < 1.29 is 19.3 Å². The van der Waals surface area contributed by atoms with E-state index in [1.807, 2.05) is 0 Å². The minimum absolute atomic E-state index is 0.0143. The molecule has 0 aliphatic rings. The zero-order valence-electron chi connectivity index (χ0n) is 12.7. The molecular formula is C14H17FN4O4. The fraction of sp³-hybridized carbons (Fsp3) is 0.357. The Balaban J connectivity index is 2.77. The highest BCUT2D eigenvalue weighted by molar-refractivity contribution is 6.01. The van der Waals surface area contributed by atoms with Crippen LogP contribution in [0.25, 0.3) is 0 Å². The highest BCUT2D eigenvalue weighted by Gasteiger charge is 2.20. The fourth-order valence-corrected chi connectivity index (χ4v) is 1.93. The van der Waals surface area contributed by atoms with Crippen molar-refractivity contribution in [3.63, 3.8) is 0 Å². The summed E-state index contributed by atoms with van der Waals surface area (Å²) in [4.78, 5) is 25.6. The smallest absolute Gasteiger partial charge is 0.256 e. The summed E-state index contributed by atoms with van der Waals surface area (Å²) in [6.07, 6.45) is 2.81. The summed E-state index contributed by atoms with van der Waals surface area (Å²) in [5, 5.41) is 25.2. The van der Waals surface area contributed by atoms with E-state index >= 15 is 0 Å². The third-order valence-electron chi connectivity index (χ3n) is 3.12. The number of nitro groups is 1. The summed E-state index contributed by atoms with van der Waals surface area (Å²) in [7, 11) is 0. The normalized spacial score (nSPS) is 13.5. The van der Waals surface area contributed by atoms with E-state index in [4.69, 9.17) is 5.21 Å². The van der Waals surface area contributed by atoms with Crippen molar-refractivity contribution >= 4 is 11.6 Å². The highest BCUT2D eigenvalue weighted by Crippen LogP contribution is 2.09. The van der Waals surface area contributed by atoms with Crippen LogP contribution in [0, 0.1) is 16.1 Å². The molecule has 0 saturated heterocycles. The number of pyridine rings is 1. The quantitative estimate of drug-likeness (QED) is 0.261. The standard InChI is InChI=1S/C14H17FN4O4/c1-3-12(19(22)23)9(2)7-10(18-21)8-17-14(20)11-5-4-6-16-13(11)15/h4-7,12,21H,3,8H2,1-2H3,(H,17,20)/b9-7+,18-10+. The van der Waals surface area contributed by atoms with Gasteiger partial charge in [-0.3, -0.25) is 14.9 Å². The Labute approximate surface area is 131 Å². The molecule has 2 N–H and O–H groups in total. The molecule has 0 aliphatic heterocycles. The van der Waals surface area contributed by atoms with Gasteiger partial charge in [-0.1, -0.05) is 12.1 Å². The number of oxime groups is 1. The predicted octanol–water partition coefficient (Wildman–Crippen LogP) is 1.78. The van der Waals surface area contributed by atoms with Gasteiger partial charge in [0.15, 0.2) is 0 Å². The molecule has 0 aliphatic carbocycles. The maximum Gasteiger partial charge on any atom is 0.256 e. The molecule has 0 bridgehead atoms. The van der Waals surface area contributed by atoms with E-state index in [1.54, 1.807) is 6.92 Å². The summed E-state index contributed by atoms with van der Waals surface area (Å²) in [6, 6.07) is 1.76. The van der Waals surface area contributed by atoms with Gasteiger partial charge in [0.05, 0.1) is 17.8 Å². The Morgan fingerprint density at radius 2 is 2.35 bits per heavy atom. The Bertz CT molecular complexity index is 645. The van der Waals surface area contributed by atoms with Gasteiger partial charge in [0.25, 0.3) is 5.91 Å². The topological polar surface area (TPSA) is 118 Å². The molecule has 1 unspecified atom stereocenters. The van der Waals surface area contributed by atoms with Crippen molar-refractivity contribution in [3.8, 4) is 0 Å². The van der Waals surface area contributed by atoms with Crippen LogP contribution < -0.4 is 5.32 Å². The lowest BCUT2D eigenvalue weighted by molar-refractivity contribution is -0.512. The van der Waals surface area contributed by atoms with Gasteiger partial charge in [0.1, 0.15) is 0 Å². The zero-order chi connectivity index (χ0) is 17.4. The molecule has 124 valence electrons. The molecule has 1 amide bonds. The van der Waals surface area contributed by atoms with Gasteiger partial charge in [-0.05, 0) is 25.1 Å². The Hall–Kier alpha value is -2.84. The van der Waals surface area contributed by atoms with Gasteiger partial charge >= 0.3 is 0 Å². The Morgan fingerprint density at radius 3 is 2.87 bits per heavy atom. The van der Waals surface area contributed by atoms with E-state index < -0.39 is 22.8 Å². The number of halogens is 1. The molecule has 1 atom stereocenters. The van der Waals surface area contributed by atoms with Crippen LogP contribution in [0.3, 0.4) is 0 Å². The van der Waals surface area contributed by atoms with Crippen LogP contribution in [0.2, 0.25) is 0 Å². The first-order valence-corrected chi connectivity index (χ1v) is 6.82. The molecular weight excluding hydrogens is 307 g/mol. The van der Waals surface area contributed by atoms with E-state index in [-0.39, 0.29) is 24.2 Å². The van der Waals surface area contributed by atoms with Gasteiger partial charge in [0, 0.05) is 23.1 Å². The average molecular weight is 324 g/mol. The first-order chi connectivity index (χ1) is 10.9. The predicted molar refractivity (Wildman–Crippen MR) is 80.6 cm³/mol. The number of amides is 1. The minimum Gasteiger partial charge on any atom is -0.411 e. The summed E-state index contributed by atoms with van der Waals surface area (Å²) in [5.74, 6) is -1.65. The van der Waals surface area contributed by atoms with Gasteiger partial charge in [0.2, 0.25) is 12.0 Å².